The van der Waals surface area contributed by atoms with Crippen LogP contribution in [0.1, 0.15) is 44.9 Å². The largest absolute Gasteiger partial charge is 0.325 e. The van der Waals surface area contributed by atoms with Gasteiger partial charge in [-0.3, -0.25) is 9.69 Å². The van der Waals surface area contributed by atoms with E-state index >= 15 is 0 Å². The quantitative estimate of drug-likeness (QED) is 0.658. The fourth-order valence-corrected chi connectivity index (χ4v) is 5.50. The first kappa shape index (κ1) is 20.1. The van der Waals surface area contributed by atoms with Crippen LogP contribution in [0.3, 0.4) is 0 Å². The van der Waals surface area contributed by atoms with E-state index in [0.29, 0.717) is 36.3 Å². The van der Waals surface area contributed by atoms with Crippen molar-refractivity contribution in [1.82, 2.24) is 9.21 Å². The summed E-state index contributed by atoms with van der Waals surface area (Å²) in [6, 6.07) is 5.18. The van der Waals surface area contributed by atoms with Crippen molar-refractivity contribution < 1.29 is 13.2 Å². The Balaban J connectivity index is 1.38. The van der Waals surface area contributed by atoms with Gasteiger partial charge in [0.2, 0.25) is 15.9 Å². The molecule has 1 aromatic carbocycles. The Morgan fingerprint density at radius 2 is 1.89 bits per heavy atom. The van der Waals surface area contributed by atoms with Gasteiger partial charge in [-0.15, -0.1) is 0 Å². The van der Waals surface area contributed by atoms with Crippen LogP contribution in [0.5, 0.6) is 0 Å². The van der Waals surface area contributed by atoms with Crippen molar-refractivity contribution in [3.63, 3.8) is 0 Å². The minimum absolute atomic E-state index is 0.126. The maximum absolute atomic E-state index is 12.8. The molecule has 0 aromatic heterocycles. The SMILES string of the molecule is O=C(CCN(CC1CC1)C1CC1)Nc1cc(S(=O)(=O)N2CCCC2)ccc1Cl. The molecule has 2 aliphatic carbocycles. The van der Waals surface area contributed by atoms with Gasteiger partial charge in [0, 0.05) is 38.6 Å². The average molecular weight is 426 g/mol. The van der Waals surface area contributed by atoms with Crippen molar-refractivity contribution in [3.05, 3.63) is 23.2 Å². The molecule has 1 heterocycles. The molecular formula is C20H28ClN3O3S. The van der Waals surface area contributed by atoms with Crippen LogP contribution in [0.4, 0.5) is 5.69 Å². The number of nitrogens with one attached hydrogen (secondary N) is 1. The van der Waals surface area contributed by atoms with Gasteiger partial charge in [-0.2, -0.15) is 4.31 Å². The third-order valence-electron chi connectivity index (χ3n) is 5.79. The molecule has 0 bridgehead atoms. The van der Waals surface area contributed by atoms with Gasteiger partial charge in [0.25, 0.3) is 0 Å². The Morgan fingerprint density at radius 1 is 1.18 bits per heavy atom. The van der Waals surface area contributed by atoms with Crippen LogP contribution in [0.2, 0.25) is 5.02 Å². The van der Waals surface area contributed by atoms with Gasteiger partial charge in [0.1, 0.15) is 0 Å². The van der Waals surface area contributed by atoms with E-state index in [1.165, 1.54) is 42.1 Å². The summed E-state index contributed by atoms with van der Waals surface area (Å²) in [5.74, 6) is 0.685. The van der Waals surface area contributed by atoms with Gasteiger partial charge >= 0.3 is 0 Å². The molecule has 1 saturated heterocycles. The number of hydrogen-bond donors (Lipinski definition) is 1. The summed E-state index contributed by atoms with van der Waals surface area (Å²) in [4.78, 5) is 15.1. The summed E-state index contributed by atoms with van der Waals surface area (Å²) in [6.07, 6.45) is 7.24. The van der Waals surface area contributed by atoms with Crippen molar-refractivity contribution in [1.29, 1.82) is 0 Å². The predicted octanol–water partition coefficient (Wildman–Crippen LogP) is 3.33. The fraction of sp³-hybridized carbons (Fsp3) is 0.650. The van der Waals surface area contributed by atoms with Gasteiger partial charge in [0.15, 0.2) is 0 Å². The van der Waals surface area contributed by atoms with Crippen molar-refractivity contribution >= 4 is 33.2 Å². The molecule has 4 rings (SSSR count). The smallest absolute Gasteiger partial charge is 0.243 e. The van der Waals surface area contributed by atoms with Gasteiger partial charge in [0.05, 0.1) is 15.6 Å². The molecule has 2 saturated carbocycles. The zero-order chi connectivity index (χ0) is 19.7. The molecule has 1 aromatic rings. The number of amides is 1. The van der Waals surface area contributed by atoms with Crippen LogP contribution in [0.25, 0.3) is 0 Å². The molecular weight excluding hydrogens is 398 g/mol. The molecule has 6 nitrogen and oxygen atoms in total. The monoisotopic (exact) mass is 425 g/mol. The van der Waals surface area contributed by atoms with E-state index in [9.17, 15) is 13.2 Å². The molecule has 8 heteroatoms. The zero-order valence-electron chi connectivity index (χ0n) is 16.1. The van der Waals surface area contributed by atoms with E-state index < -0.39 is 10.0 Å². The number of carbonyl (C=O) groups excluding carboxylic acids is 1. The second kappa shape index (κ2) is 8.30. The number of sulfonamides is 1. The summed E-state index contributed by atoms with van der Waals surface area (Å²) >= 11 is 6.22. The van der Waals surface area contributed by atoms with Crippen LogP contribution < -0.4 is 5.32 Å². The first-order chi connectivity index (χ1) is 13.4. The Bertz CT molecular complexity index is 831. The predicted molar refractivity (Wildman–Crippen MR) is 110 cm³/mol. The van der Waals surface area contributed by atoms with Crippen LogP contribution in [0, 0.1) is 5.92 Å². The Kier molecular flexibility index (Phi) is 5.97. The summed E-state index contributed by atoms with van der Waals surface area (Å²) < 4.78 is 27.0. The molecule has 154 valence electrons. The highest BCUT2D eigenvalue weighted by molar-refractivity contribution is 7.89. The highest BCUT2D eigenvalue weighted by Crippen LogP contribution is 2.35. The van der Waals surface area contributed by atoms with E-state index in [4.69, 9.17) is 11.6 Å². The Labute approximate surface area is 172 Å². The molecule has 28 heavy (non-hydrogen) atoms. The van der Waals surface area contributed by atoms with Crippen molar-refractivity contribution in [2.75, 3.05) is 31.5 Å². The molecule has 1 N–H and O–H groups in total. The van der Waals surface area contributed by atoms with E-state index in [-0.39, 0.29) is 10.8 Å². The maximum Gasteiger partial charge on any atom is 0.243 e. The summed E-state index contributed by atoms with van der Waals surface area (Å²) in [7, 11) is -3.53. The van der Waals surface area contributed by atoms with Gasteiger partial charge < -0.3 is 5.32 Å². The number of nitrogens with zero attached hydrogens (tertiary/aromatic N) is 2. The molecule has 1 aliphatic heterocycles. The third-order valence-corrected chi connectivity index (χ3v) is 8.02. The lowest BCUT2D eigenvalue weighted by atomic mass is 10.2. The van der Waals surface area contributed by atoms with Crippen LogP contribution >= 0.6 is 11.6 Å². The molecule has 0 unspecified atom stereocenters. The molecule has 3 aliphatic rings. The van der Waals surface area contributed by atoms with Gasteiger partial charge in [-0.05, 0) is 62.6 Å². The second-order valence-electron chi connectivity index (χ2n) is 8.22. The lowest BCUT2D eigenvalue weighted by Crippen LogP contribution is -2.31. The van der Waals surface area contributed by atoms with Crippen molar-refractivity contribution in [2.24, 2.45) is 5.92 Å². The number of halogens is 1. The first-order valence-electron chi connectivity index (χ1n) is 10.3. The number of rotatable bonds is 9. The maximum atomic E-state index is 12.8. The number of carbonyl (C=O) groups is 1. The fourth-order valence-electron chi connectivity index (χ4n) is 3.79. The topological polar surface area (TPSA) is 69.7 Å². The highest BCUT2D eigenvalue weighted by atomic mass is 35.5. The standard InChI is InChI=1S/C20H28ClN3O3S/c21-18-8-7-17(28(26,27)24-10-1-2-11-24)13-19(18)22-20(25)9-12-23(16-5-6-16)14-15-3-4-15/h7-8,13,15-16H,1-6,9-12,14H2,(H,22,25). The molecule has 0 spiro atoms. The summed E-state index contributed by atoms with van der Waals surface area (Å²) in [5.41, 5.74) is 0.368. The van der Waals surface area contributed by atoms with E-state index in [1.807, 2.05) is 0 Å². The van der Waals surface area contributed by atoms with E-state index in [0.717, 1.165) is 31.8 Å². The minimum Gasteiger partial charge on any atom is -0.325 e. The Morgan fingerprint density at radius 3 is 2.54 bits per heavy atom. The second-order valence-corrected chi connectivity index (χ2v) is 10.6. The lowest BCUT2D eigenvalue weighted by molar-refractivity contribution is -0.116. The van der Waals surface area contributed by atoms with Gasteiger partial charge in [-0.25, -0.2) is 8.42 Å². The van der Waals surface area contributed by atoms with Crippen molar-refractivity contribution in [3.8, 4) is 0 Å². The Hall–Kier alpha value is -1.15. The minimum atomic E-state index is -3.53. The number of hydrogen-bond acceptors (Lipinski definition) is 4. The molecule has 0 radical (unpaired) electrons. The van der Waals surface area contributed by atoms with Crippen molar-refractivity contribution in [2.45, 2.75) is 55.9 Å². The van der Waals surface area contributed by atoms with Crippen LogP contribution in [-0.2, 0) is 14.8 Å². The first-order valence-corrected chi connectivity index (χ1v) is 12.1. The third kappa shape index (κ3) is 4.87. The van der Waals surface area contributed by atoms with Gasteiger partial charge in [-0.1, -0.05) is 11.6 Å². The molecule has 3 fully saturated rings. The number of benzene rings is 1. The summed E-state index contributed by atoms with van der Waals surface area (Å²) in [5, 5.41) is 3.17. The molecule has 0 atom stereocenters. The molecule has 1 amide bonds. The highest BCUT2D eigenvalue weighted by Gasteiger charge is 2.33. The van der Waals surface area contributed by atoms with Crippen LogP contribution in [0.15, 0.2) is 23.1 Å². The average Bonchev–Trinajstić information content (AvgIpc) is 3.59. The summed E-state index contributed by atoms with van der Waals surface area (Å²) in [6.45, 7) is 2.94. The normalized spacial score (nSPS) is 20.6. The van der Waals surface area contributed by atoms with E-state index in [2.05, 4.69) is 10.2 Å². The van der Waals surface area contributed by atoms with E-state index in [1.54, 1.807) is 6.07 Å². The zero-order valence-corrected chi connectivity index (χ0v) is 17.6. The lowest BCUT2D eigenvalue weighted by Gasteiger charge is -2.21. The number of anilines is 1. The van der Waals surface area contributed by atoms with Crippen LogP contribution in [-0.4, -0.2) is 55.8 Å².